The number of hydrogen-bond donors (Lipinski definition) is 2. The van der Waals surface area contributed by atoms with Crippen molar-refractivity contribution in [1.82, 2.24) is 20.2 Å². The molecule has 1 aromatic carbocycles. The maximum Gasteiger partial charge on any atom is 0.234 e. The molecule has 3 rings (SSSR count). The number of nitrogens with one attached hydrogen (secondary N) is 2. The maximum absolute atomic E-state index is 11.7. The second kappa shape index (κ2) is 7.22. The minimum absolute atomic E-state index is 0.0585. The molecule has 0 saturated heterocycles. The zero-order valence-corrected chi connectivity index (χ0v) is 12.7. The number of imidazole rings is 1. The average molecular weight is 298 g/mol. The lowest BCUT2D eigenvalue weighted by Gasteiger charge is -2.08. The third-order valence-corrected chi connectivity index (χ3v) is 3.85. The molecule has 0 aliphatic heterocycles. The molecular weight excluding hydrogens is 276 g/mol. The first-order valence-electron chi connectivity index (χ1n) is 7.80. The van der Waals surface area contributed by atoms with Gasteiger partial charge in [-0.1, -0.05) is 24.3 Å². The number of benzene rings is 1. The Balaban J connectivity index is 1.39. The van der Waals surface area contributed by atoms with Crippen molar-refractivity contribution >= 4 is 5.91 Å². The molecule has 1 aliphatic rings. The summed E-state index contributed by atoms with van der Waals surface area (Å²) in [6.07, 6.45) is 8.15. The lowest BCUT2D eigenvalue weighted by Crippen LogP contribution is -2.34. The van der Waals surface area contributed by atoms with E-state index in [9.17, 15) is 4.79 Å². The van der Waals surface area contributed by atoms with Crippen molar-refractivity contribution in [2.75, 3.05) is 13.1 Å². The van der Waals surface area contributed by atoms with Crippen LogP contribution in [0, 0.1) is 5.92 Å². The quantitative estimate of drug-likeness (QED) is 0.777. The maximum atomic E-state index is 11.7. The Morgan fingerprint density at radius 1 is 1.23 bits per heavy atom. The van der Waals surface area contributed by atoms with Crippen molar-refractivity contribution in [2.24, 2.45) is 5.92 Å². The van der Waals surface area contributed by atoms with E-state index >= 15 is 0 Å². The summed E-state index contributed by atoms with van der Waals surface area (Å²) in [5.74, 6) is 0.860. The van der Waals surface area contributed by atoms with Crippen LogP contribution in [0.5, 0.6) is 0 Å². The zero-order chi connectivity index (χ0) is 15.2. The van der Waals surface area contributed by atoms with Gasteiger partial charge in [-0.05, 0) is 36.4 Å². The molecule has 1 aliphatic carbocycles. The van der Waals surface area contributed by atoms with Gasteiger partial charge in [0.2, 0.25) is 5.91 Å². The highest BCUT2D eigenvalue weighted by Crippen LogP contribution is 2.27. The van der Waals surface area contributed by atoms with Gasteiger partial charge in [-0.3, -0.25) is 4.79 Å². The highest BCUT2D eigenvalue weighted by molar-refractivity contribution is 5.77. The van der Waals surface area contributed by atoms with E-state index in [1.807, 2.05) is 17.1 Å². The Hall–Kier alpha value is -2.14. The predicted molar refractivity (Wildman–Crippen MR) is 85.2 cm³/mol. The van der Waals surface area contributed by atoms with Crippen molar-refractivity contribution in [2.45, 2.75) is 25.9 Å². The Bertz CT molecular complexity index is 588. The van der Waals surface area contributed by atoms with Gasteiger partial charge in [-0.2, -0.15) is 0 Å². The number of hydrogen-bond acceptors (Lipinski definition) is 3. The smallest absolute Gasteiger partial charge is 0.234 e. The Morgan fingerprint density at radius 3 is 2.68 bits per heavy atom. The minimum atomic E-state index is 0.0585. The second-order valence-electron chi connectivity index (χ2n) is 5.90. The number of amides is 1. The van der Waals surface area contributed by atoms with E-state index < -0.39 is 0 Å². The van der Waals surface area contributed by atoms with Gasteiger partial charge in [0.15, 0.2) is 0 Å². The second-order valence-corrected chi connectivity index (χ2v) is 5.90. The van der Waals surface area contributed by atoms with Crippen LogP contribution in [0.25, 0.3) is 0 Å². The molecular formula is C17H22N4O. The molecule has 0 atom stereocenters. The van der Waals surface area contributed by atoms with Crippen molar-refractivity contribution in [1.29, 1.82) is 0 Å². The van der Waals surface area contributed by atoms with Gasteiger partial charge in [-0.15, -0.1) is 0 Å². The van der Waals surface area contributed by atoms with E-state index in [4.69, 9.17) is 0 Å². The van der Waals surface area contributed by atoms with Crippen molar-refractivity contribution in [3.8, 4) is 0 Å². The Kier molecular flexibility index (Phi) is 4.85. The highest BCUT2D eigenvalue weighted by atomic mass is 16.1. The number of nitrogens with zero attached hydrogens (tertiary/aromatic N) is 2. The number of aromatic nitrogens is 2. The topological polar surface area (TPSA) is 59.0 Å². The third kappa shape index (κ3) is 4.70. The van der Waals surface area contributed by atoms with Crippen LogP contribution in [0.15, 0.2) is 43.0 Å². The van der Waals surface area contributed by atoms with Crippen LogP contribution < -0.4 is 10.6 Å². The van der Waals surface area contributed by atoms with Gasteiger partial charge in [0.25, 0.3) is 0 Å². The van der Waals surface area contributed by atoms with Gasteiger partial charge >= 0.3 is 0 Å². The molecule has 0 spiro atoms. The fraction of sp³-hybridized carbons (Fsp3) is 0.412. The molecule has 22 heavy (non-hydrogen) atoms. The lowest BCUT2D eigenvalue weighted by atomic mass is 10.1. The van der Waals surface area contributed by atoms with Gasteiger partial charge in [0, 0.05) is 25.5 Å². The van der Waals surface area contributed by atoms with Crippen LogP contribution >= 0.6 is 0 Å². The number of carbonyl (C=O) groups excluding carboxylic acids is 1. The molecule has 5 nitrogen and oxygen atoms in total. The van der Waals surface area contributed by atoms with Crippen molar-refractivity contribution < 1.29 is 4.79 Å². The van der Waals surface area contributed by atoms with Crippen LogP contribution in [0.1, 0.15) is 24.0 Å². The largest absolute Gasteiger partial charge is 0.351 e. The SMILES string of the molecule is O=C(CNCC1CC1)NCc1ccc(Cn2ccnc2)cc1. The van der Waals surface area contributed by atoms with Gasteiger partial charge in [0.1, 0.15) is 0 Å². The summed E-state index contributed by atoms with van der Waals surface area (Å²) in [6, 6.07) is 8.30. The molecule has 1 heterocycles. The summed E-state index contributed by atoms with van der Waals surface area (Å²) in [4.78, 5) is 15.7. The molecule has 2 N–H and O–H groups in total. The first-order chi connectivity index (χ1) is 10.8. The lowest BCUT2D eigenvalue weighted by molar-refractivity contribution is -0.120. The molecule has 5 heteroatoms. The van der Waals surface area contributed by atoms with Crippen LogP contribution in [0.3, 0.4) is 0 Å². The van der Waals surface area contributed by atoms with Crippen molar-refractivity contribution in [3.05, 3.63) is 54.1 Å². The van der Waals surface area contributed by atoms with Crippen LogP contribution in [0.2, 0.25) is 0 Å². The normalized spacial score (nSPS) is 14.0. The van der Waals surface area contributed by atoms with E-state index in [1.165, 1.54) is 18.4 Å². The summed E-state index contributed by atoms with van der Waals surface area (Å²) in [5.41, 5.74) is 2.34. The average Bonchev–Trinajstić information content (AvgIpc) is 3.21. The highest BCUT2D eigenvalue weighted by Gasteiger charge is 2.20. The zero-order valence-electron chi connectivity index (χ0n) is 12.7. The molecule has 1 saturated carbocycles. The molecule has 116 valence electrons. The molecule has 0 unspecified atom stereocenters. The first-order valence-corrected chi connectivity index (χ1v) is 7.80. The molecule has 1 aromatic heterocycles. The predicted octanol–water partition coefficient (Wildman–Crippen LogP) is 1.55. The fourth-order valence-corrected chi connectivity index (χ4v) is 2.33. The summed E-state index contributed by atoms with van der Waals surface area (Å²) >= 11 is 0. The van der Waals surface area contributed by atoms with Crippen LogP contribution in [0.4, 0.5) is 0 Å². The Morgan fingerprint density at radius 2 is 2.00 bits per heavy atom. The Labute approximate surface area is 130 Å². The monoisotopic (exact) mass is 298 g/mol. The summed E-state index contributed by atoms with van der Waals surface area (Å²) in [5, 5.41) is 6.14. The van der Waals surface area contributed by atoms with E-state index in [0.29, 0.717) is 13.1 Å². The molecule has 0 radical (unpaired) electrons. The number of carbonyl (C=O) groups is 1. The van der Waals surface area contributed by atoms with Crippen LogP contribution in [-0.4, -0.2) is 28.5 Å². The number of rotatable bonds is 8. The third-order valence-electron chi connectivity index (χ3n) is 3.85. The molecule has 1 fully saturated rings. The first kappa shape index (κ1) is 14.8. The standard InChI is InChI=1S/C17H22N4O/c22-17(11-19-9-14-1-2-14)20-10-15-3-5-16(6-4-15)12-21-8-7-18-13-21/h3-8,13-14,19H,1-2,9-12H2,(H,20,22). The summed E-state index contributed by atoms with van der Waals surface area (Å²) < 4.78 is 2.03. The fourth-order valence-electron chi connectivity index (χ4n) is 2.33. The van der Waals surface area contributed by atoms with Gasteiger partial charge in [-0.25, -0.2) is 4.98 Å². The van der Waals surface area contributed by atoms with E-state index in [1.54, 1.807) is 6.20 Å². The minimum Gasteiger partial charge on any atom is -0.351 e. The summed E-state index contributed by atoms with van der Waals surface area (Å²) in [7, 11) is 0. The molecule has 1 amide bonds. The van der Waals surface area contributed by atoms with Crippen molar-refractivity contribution in [3.63, 3.8) is 0 Å². The molecule has 2 aromatic rings. The van der Waals surface area contributed by atoms with E-state index in [0.717, 1.165) is 24.6 Å². The van der Waals surface area contributed by atoms with Crippen LogP contribution in [-0.2, 0) is 17.9 Å². The van der Waals surface area contributed by atoms with E-state index in [2.05, 4.69) is 39.9 Å². The summed E-state index contributed by atoms with van der Waals surface area (Å²) in [6.45, 7) is 2.78. The van der Waals surface area contributed by atoms with Gasteiger partial charge in [0.05, 0.1) is 12.9 Å². The van der Waals surface area contributed by atoms with E-state index in [-0.39, 0.29) is 5.91 Å². The molecule has 0 bridgehead atoms. The van der Waals surface area contributed by atoms with Gasteiger partial charge < -0.3 is 15.2 Å².